The molecule has 0 aliphatic carbocycles. The van der Waals surface area contributed by atoms with E-state index >= 15 is 0 Å². The molecule has 1 amide bonds. The zero-order chi connectivity index (χ0) is 27.7. The van der Waals surface area contributed by atoms with Crippen LogP contribution in [0.4, 0.5) is 4.79 Å². The number of methoxy groups -OCH3 is 2. The lowest BCUT2D eigenvalue weighted by atomic mass is 10.1. The first-order valence-electron chi connectivity index (χ1n) is 12.8. The van der Waals surface area contributed by atoms with Gasteiger partial charge in [0.05, 0.1) is 32.8 Å². The van der Waals surface area contributed by atoms with Crippen molar-refractivity contribution >= 4 is 28.8 Å². The van der Waals surface area contributed by atoms with Gasteiger partial charge >= 0.3 is 6.09 Å². The molecule has 0 radical (unpaired) electrons. The molecule has 0 spiro atoms. The number of hydrogen-bond donors (Lipinski definition) is 2. The van der Waals surface area contributed by atoms with Gasteiger partial charge in [-0.1, -0.05) is 16.9 Å². The smallest absolute Gasteiger partial charge is 0.410 e. The lowest BCUT2D eigenvalue weighted by Crippen LogP contribution is -2.61. The number of carbonyl (C=O) groups is 1. The zero-order valence-corrected chi connectivity index (χ0v) is 23.4. The molecule has 12 nitrogen and oxygen atoms in total. The van der Waals surface area contributed by atoms with Gasteiger partial charge in [-0.2, -0.15) is 9.72 Å². The lowest BCUT2D eigenvalue weighted by Gasteiger charge is -2.40. The van der Waals surface area contributed by atoms with E-state index in [1.165, 1.54) is 0 Å². The molecule has 212 valence electrons. The second-order valence-corrected chi connectivity index (χ2v) is 11.0. The largest absolute Gasteiger partial charge is 0.497 e. The Labute approximate surface area is 230 Å². The minimum Gasteiger partial charge on any atom is -0.497 e. The van der Waals surface area contributed by atoms with Crippen molar-refractivity contribution in [3.05, 3.63) is 35.0 Å². The van der Waals surface area contributed by atoms with E-state index in [2.05, 4.69) is 15.6 Å². The van der Waals surface area contributed by atoms with Crippen LogP contribution in [-0.4, -0.2) is 77.1 Å². The Hall–Kier alpha value is -3.51. The molecule has 2 aromatic heterocycles. The number of carbonyl (C=O) groups excluding carboxylic acids is 1. The van der Waals surface area contributed by atoms with Gasteiger partial charge in [-0.3, -0.25) is 9.53 Å². The molecular weight excluding hydrogens is 530 g/mol. The molecule has 2 bridgehead atoms. The third-order valence-corrected chi connectivity index (χ3v) is 7.08. The maximum Gasteiger partial charge on any atom is 0.410 e. The standard InChI is InChI=1S/C26H34ClN5O7/c1-26(2,3)37-25(33)32-16-7-9-19(32)18(28-12-16)14-36-24-23-20(11-22(27)29-24)31(39-30-38-23)13-15-6-8-17(34-4)10-21(15)35-5/h6,8,10-11,16,18-19,28,30H,7,9,12-14H2,1-5H3/t16-,18?,19+/m0/s1. The number of halogens is 1. The van der Waals surface area contributed by atoms with Gasteiger partial charge in [0.2, 0.25) is 5.58 Å². The SMILES string of the molecule is COc1ccc(Cn2o[nH]oc3c(OCC4NC[C@@H]5CC[C@H]4N5C(=O)OC(C)(C)C)nc(Cl)cc32)c(OC)c1. The van der Waals surface area contributed by atoms with Gasteiger partial charge in [0.1, 0.15) is 34.4 Å². The summed E-state index contributed by atoms with van der Waals surface area (Å²) >= 11 is 6.38. The first-order chi connectivity index (χ1) is 18.7. The fourth-order valence-electron chi connectivity index (χ4n) is 5.12. The van der Waals surface area contributed by atoms with E-state index in [4.69, 9.17) is 39.7 Å². The van der Waals surface area contributed by atoms with Crippen molar-refractivity contribution in [1.29, 1.82) is 0 Å². The highest BCUT2D eigenvalue weighted by Gasteiger charge is 2.46. The highest BCUT2D eigenvalue weighted by Crippen LogP contribution is 2.33. The van der Waals surface area contributed by atoms with E-state index in [1.807, 2.05) is 37.8 Å². The fourth-order valence-corrected chi connectivity index (χ4v) is 5.31. The Kier molecular flexibility index (Phi) is 7.59. The van der Waals surface area contributed by atoms with Crippen LogP contribution in [0.15, 0.2) is 33.4 Å². The molecule has 2 aliphatic heterocycles. The fraction of sp³-hybridized carbons (Fsp3) is 0.538. The number of H-pyrrole nitrogens is 1. The van der Waals surface area contributed by atoms with Crippen molar-refractivity contribution in [1.82, 2.24) is 25.3 Å². The molecule has 5 rings (SSSR count). The average Bonchev–Trinajstić information content (AvgIpc) is 3.22. The summed E-state index contributed by atoms with van der Waals surface area (Å²) in [5.41, 5.74) is 1.12. The zero-order valence-electron chi connectivity index (χ0n) is 22.7. The molecule has 2 fully saturated rings. The number of pyridine rings is 1. The third kappa shape index (κ3) is 5.76. The molecule has 3 aromatic rings. The number of aromatic nitrogens is 3. The number of fused-ring (bicyclic) bond motifs is 3. The third-order valence-electron chi connectivity index (χ3n) is 6.89. The summed E-state index contributed by atoms with van der Waals surface area (Å²) in [4.78, 5) is 19.1. The number of rotatable bonds is 7. The molecule has 2 N–H and O–H groups in total. The Morgan fingerprint density at radius 2 is 2.03 bits per heavy atom. The van der Waals surface area contributed by atoms with Gasteiger partial charge in [0, 0.05) is 30.3 Å². The van der Waals surface area contributed by atoms with Crippen LogP contribution in [0, 0.1) is 0 Å². The Morgan fingerprint density at radius 1 is 1.21 bits per heavy atom. The van der Waals surface area contributed by atoms with Gasteiger partial charge in [0.15, 0.2) is 0 Å². The number of nitrogens with one attached hydrogen (secondary N) is 2. The number of benzene rings is 1. The molecule has 4 heterocycles. The maximum absolute atomic E-state index is 12.9. The molecule has 1 unspecified atom stereocenters. The molecule has 0 saturated carbocycles. The summed E-state index contributed by atoms with van der Waals surface area (Å²) in [5, 5.41) is 6.16. The van der Waals surface area contributed by atoms with Crippen molar-refractivity contribution in [3.63, 3.8) is 0 Å². The summed E-state index contributed by atoms with van der Waals surface area (Å²) in [5.74, 6) is 1.51. The van der Waals surface area contributed by atoms with Gasteiger partial charge < -0.3 is 28.8 Å². The first-order valence-corrected chi connectivity index (χ1v) is 13.2. The first kappa shape index (κ1) is 27.1. The van der Waals surface area contributed by atoms with Crippen molar-refractivity contribution in [2.75, 3.05) is 27.4 Å². The predicted octanol–water partition coefficient (Wildman–Crippen LogP) is 4.51. The number of hydrogen-bond acceptors (Lipinski definition) is 9. The van der Waals surface area contributed by atoms with E-state index < -0.39 is 5.60 Å². The number of nitrogens with zero attached hydrogens (tertiary/aromatic N) is 3. The quantitative estimate of drug-likeness (QED) is 0.399. The van der Waals surface area contributed by atoms with Crippen LogP contribution >= 0.6 is 11.6 Å². The van der Waals surface area contributed by atoms with Crippen LogP contribution < -0.4 is 19.5 Å². The van der Waals surface area contributed by atoms with Crippen LogP contribution in [0.5, 0.6) is 17.4 Å². The Balaban J connectivity index is 1.37. The molecular formula is C26H34ClN5O7. The van der Waals surface area contributed by atoms with Crippen molar-refractivity contribution in [3.8, 4) is 17.4 Å². The minimum atomic E-state index is -0.564. The highest BCUT2D eigenvalue weighted by atomic mass is 35.5. The Morgan fingerprint density at radius 3 is 2.77 bits per heavy atom. The number of piperazine rings is 1. The van der Waals surface area contributed by atoms with Crippen molar-refractivity contribution in [2.45, 2.75) is 63.9 Å². The van der Waals surface area contributed by atoms with Gasteiger partial charge in [-0.05, 0) is 45.7 Å². The van der Waals surface area contributed by atoms with Crippen LogP contribution in [-0.2, 0) is 11.3 Å². The molecule has 3 atom stereocenters. The maximum atomic E-state index is 12.9. The van der Waals surface area contributed by atoms with Gasteiger partial charge in [-0.25, -0.2) is 4.79 Å². The summed E-state index contributed by atoms with van der Waals surface area (Å²) in [6.45, 7) is 6.82. The van der Waals surface area contributed by atoms with Crippen molar-refractivity contribution in [2.24, 2.45) is 0 Å². The topological polar surface area (TPSA) is 129 Å². The van der Waals surface area contributed by atoms with Crippen LogP contribution in [0.25, 0.3) is 11.1 Å². The molecule has 2 saturated heterocycles. The number of ether oxygens (including phenoxy) is 4. The highest BCUT2D eigenvalue weighted by molar-refractivity contribution is 6.30. The summed E-state index contributed by atoms with van der Waals surface area (Å²) < 4.78 is 35.3. The van der Waals surface area contributed by atoms with Gasteiger partial charge in [-0.15, -0.1) is 0 Å². The second-order valence-electron chi connectivity index (χ2n) is 10.6. The monoisotopic (exact) mass is 563 g/mol. The van der Waals surface area contributed by atoms with E-state index in [0.717, 1.165) is 18.4 Å². The lowest BCUT2D eigenvalue weighted by molar-refractivity contribution is 0.00103. The molecule has 2 aliphatic rings. The van der Waals surface area contributed by atoms with E-state index in [-0.39, 0.29) is 41.9 Å². The van der Waals surface area contributed by atoms with Gasteiger partial charge in [0.25, 0.3) is 5.88 Å². The molecule has 13 heteroatoms. The minimum absolute atomic E-state index is 0.0602. The molecule has 39 heavy (non-hydrogen) atoms. The molecule has 1 aromatic carbocycles. The summed E-state index contributed by atoms with van der Waals surface area (Å²) in [6, 6.07) is 7.07. The second kappa shape index (κ2) is 10.9. The van der Waals surface area contributed by atoms with E-state index in [1.54, 1.807) is 31.1 Å². The number of amides is 1. The Bertz CT molecular complexity index is 1370. The van der Waals surface area contributed by atoms with Crippen LogP contribution in [0.2, 0.25) is 5.15 Å². The predicted molar refractivity (Wildman–Crippen MR) is 142 cm³/mol. The van der Waals surface area contributed by atoms with E-state index in [9.17, 15) is 4.79 Å². The summed E-state index contributed by atoms with van der Waals surface area (Å²) in [7, 11) is 3.19. The van der Waals surface area contributed by atoms with Crippen LogP contribution in [0.1, 0.15) is 39.2 Å². The van der Waals surface area contributed by atoms with Crippen molar-refractivity contribution < 1.29 is 32.9 Å². The normalized spacial score (nSPS) is 20.7. The van der Waals surface area contributed by atoms with Crippen LogP contribution in [0.3, 0.4) is 0 Å². The average molecular weight is 564 g/mol. The van der Waals surface area contributed by atoms with E-state index in [0.29, 0.717) is 35.7 Å². The number of aromatic amines is 1. The summed E-state index contributed by atoms with van der Waals surface area (Å²) in [6.07, 6.45) is 1.47.